The Morgan fingerprint density at radius 2 is 1.79 bits per heavy atom. The van der Waals surface area contributed by atoms with Crippen molar-refractivity contribution in [1.29, 1.82) is 0 Å². The molecule has 1 heterocycles. The minimum atomic E-state index is -0.244. The number of carbonyl (C=O) groups is 2. The lowest BCUT2D eigenvalue weighted by Crippen LogP contribution is -2.44. The van der Waals surface area contributed by atoms with E-state index in [4.69, 9.17) is 4.74 Å². The van der Waals surface area contributed by atoms with Gasteiger partial charge in [0, 0.05) is 63.6 Å². The van der Waals surface area contributed by atoms with Gasteiger partial charge in [0.25, 0.3) is 0 Å². The molecule has 42 heavy (non-hydrogen) atoms. The normalized spacial score (nSPS) is 15.1. The van der Waals surface area contributed by atoms with E-state index in [0.29, 0.717) is 18.0 Å². The third kappa shape index (κ3) is 12.1. The smallest absolute Gasteiger partial charge is 0.409 e. The number of amides is 1. The molecular weight excluding hydrogens is 524 g/mol. The second kappa shape index (κ2) is 20.9. The number of carbonyl (C=O) groups excluding carboxylic acids is 2. The maximum atomic E-state index is 11.9. The Kier molecular flexibility index (Phi) is 18.5. The molecule has 1 aliphatic heterocycles. The van der Waals surface area contributed by atoms with E-state index in [-0.39, 0.29) is 12.1 Å². The third-order valence-corrected chi connectivity index (χ3v) is 7.82. The van der Waals surface area contributed by atoms with E-state index in [0.717, 1.165) is 89.2 Å². The molecule has 1 fully saturated rings. The van der Waals surface area contributed by atoms with Crippen molar-refractivity contribution >= 4 is 18.1 Å². The van der Waals surface area contributed by atoms with E-state index in [9.17, 15) is 9.59 Å². The Morgan fingerprint density at radius 1 is 1.07 bits per heavy atom. The van der Waals surface area contributed by atoms with Gasteiger partial charge in [-0.25, -0.2) is 4.79 Å². The topological polar surface area (TPSA) is 56.3 Å². The molecule has 1 aliphatic rings. The van der Waals surface area contributed by atoms with Crippen molar-refractivity contribution in [2.75, 3.05) is 70.9 Å². The van der Waals surface area contributed by atoms with Crippen molar-refractivity contribution in [3.8, 4) is 0 Å². The van der Waals surface area contributed by atoms with E-state index in [1.807, 2.05) is 24.3 Å². The molecule has 0 aromatic heterocycles. The number of anilines is 1. The minimum Gasteiger partial charge on any atom is -0.453 e. The maximum Gasteiger partial charge on any atom is 0.409 e. The Balaban J connectivity index is 0.00000281. The van der Waals surface area contributed by atoms with Crippen LogP contribution in [0, 0.1) is 0 Å². The van der Waals surface area contributed by atoms with Crippen LogP contribution in [0.5, 0.6) is 0 Å². The summed E-state index contributed by atoms with van der Waals surface area (Å²) in [4.78, 5) is 32.7. The summed E-state index contributed by atoms with van der Waals surface area (Å²) >= 11 is 0. The summed E-state index contributed by atoms with van der Waals surface area (Å²) in [6.45, 7) is 30.6. The van der Waals surface area contributed by atoms with E-state index in [1.54, 1.807) is 4.90 Å². The van der Waals surface area contributed by atoms with Crippen LogP contribution in [0.1, 0.15) is 82.1 Å². The zero-order valence-corrected chi connectivity index (χ0v) is 27.4. The highest BCUT2D eigenvalue weighted by Gasteiger charge is 2.23. The fraction of sp³-hybridized carbons (Fsp3) is 0.600. The standard InChI is InChI=1S/C32H50N4O3.C3H8/c1-8-12-27(5)30-14-13-29(25-37)24-31(30)36(28(6)26(4)10-3)23-21-33(15-9-2)18-19-34-16-11-17-35(22-20-34)32(38)39-7;1-3-2/h9-10,13-14,24-25,27-28H,2-4,8,11-12,15-23H2,1,5-7H3;3H2,1-2H3. The van der Waals surface area contributed by atoms with E-state index >= 15 is 0 Å². The molecular formula is C35H58N4O3. The SMILES string of the molecule is C=CCN(CCN1CCCN(C(=O)OC)CC1)CCN(c1cc(C=O)ccc1C(C)CCC)C(C)C(=C)C=C.CCC. The van der Waals surface area contributed by atoms with Crippen LogP contribution in [0.4, 0.5) is 10.5 Å². The molecule has 1 amide bonds. The number of hydrogen-bond acceptors (Lipinski definition) is 6. The van der Waals surface area contributed by atoms with Crippen LogP contribution in [0.3, 0.4) is 0 Å². The Bertz CT molecular complexity index is 979. The number of benzene rings is 1. The van der Waals surface area contributed by atoms with E-state index in [2.05, 4.69) is 75.1 Å². The summed E-state index contributed by atoms with van der Waals surface area (Å²) in [5.74, 6) is 0.384. The van der Waals surface area contributed by atoms with Gasteiger partial charge in [0.1, 0.15) is 6.29 Å². The molecule has 2 rings (SSSR count). The summed E-state index contributed by atoms with van der Waals surface area (Å²) < 4.78 is 4.91. The van der Waals surface area contributed by atoms with Crippen molar-refractivity contribution in [3.63, 3.8) is 0 Å². The van der Waals surface area contributed by atoms with E-state index < -0.39 is 0 Å². The van der Waals surface area contributed by atoms with Crippen molar-refractivity contribution in [1.82, 2.24) is 14.7 Å². The molecule has 2 unspecified atom stereocenters. The van der Waals surface area contributed by atoms with Crippen molar-refractivity contribution < 1.29 is 14.3 Å². The molecule has 1 aromatic carbocycles. The van der Waals surface area contributed by atoms with Gasteiger partial charge in [-0.2, -0.15) is 0 Å². The van der Waals surface area contributed by atoms with Gasteiger partial charge in [0.2, 0.25) is 0 Å². The second-order valence-electron chi connectivity index (χ2n) is 11.2. The van der Waals surface area contributed by atoms with Crippen LogP contribution in [0.25, 0.3) is 0 Å². The first-order valence-electron chi connectivity index (χ1n) is 15.8. The lowest BCUT2D eigenvalue weighted by molar-refractivity contribution is 0.112. The van der Waals surface area contributed by atoms with Gasteiger partial charge in [0.05, 0.1) is 13.2 Å². The number of rotatable bonds is 16. The maximum absolute atomic E-state index is 11.9. The summed E-state index contributed by atoms with van der Waals surface area (Å²) in [6, 6.07) is 6.12. The molecule has 2 atom stereocenters. The minimum absolute atomic E-state index is 0.0393. The van der Waals surface area contributed by atoms with Crippen LogP contribution in [0.15, 0.2) is 55.7 Å². The first-order chi connectivity index (χ1) is 20.2. The highest BCUT2D eigenvalue weighted by Crippen LogP contribution is 2.33. The van der Waals surface area contributed by atoms with Gasteiger partial charge in [-0.15, -0.1) is 6.58 Å². The molecule has 0 saturated carbocycles. The van der Waals surface area contributed by atoms with Gasteiger partial charge < -0.3 is 19.4 Å². The van der Waals surface area contributed by atoms with Crippen LogP contribution in [-0.2, 0) is 4.74 Å². The molecule has 236 valence electrons. The highest BCUT2D eigenvalue weighted by molar-refractivity contribution is 5.78. The van der Waals surface area contributed by atoms with Gasteiger partial charge >= 0.3 is 6.09 Å². The molecule has 0 radical (unpaired) electrons. The largest absolute Gasteiger partial charge is 0.453 e. The summed E-state index contributed by atoms with van der Waals surface area (Å²) in [5, 5.41) is 0. The lowest BCUT2D eigenvalue weighted by atomic mass is 9.92. The second-order valence-corrected chi connectivity index (χ2v) is 11.2. The van der Waals surface area contributed by atoms with E-state index in [1.165, 1.54) is 19.1 Å². The van der Waals surface area contributed by atoms with Gasteiger partial charge in [-0.3, -0.25) is 9.69 Å². The fourth-order valence-corrected chi connectivity index (χ4v) is 5.30. The zero-order valence-electron chi connectivity index (χ0n) is 27.4. The number of methoxy groups -OCH3 is 1. The third-order valence-electron chi connectivity index (χ3n) is 7.82. The van der Waals surface area contributed by atoms with Crippen molar-refractivity contribution in [2.24, 2.45) is 0 Å². The molecule has 0 spiro atoms. The number of hydrogen-bond donors (Lipinski definition) is 0. The Hall–Kier alpha value is -2.90. The van der Waals surface area contributed by atoms with Crippen molar-refractivity contribution in [2.45, 2.75) is 72.3 Å². The molecule has 0 bridgehead atoms. The van der Waals surface area contributed by atoms with Gasteiger partial charge in [0.15, 0.2) is 0 Å². The molecule has 7 nitrogen and oxygen atoms in total. The molecule has 7 heteroatoms. The number of ether oxygens (including phenoxy) is 1. The van der Waals surface area contributed by atoms with Crippen molar-refractivity contribution in [3.05, 3.63) is 66.8 Å². The quantitative estimate of drug-likeness (QED) is 0.119. The lowest BCUT2D eigenvalue weighted by Gasteiger charge is -2.37. The average Bonchev–Trinajstić information content (AvgIpc) is 3.25. The van der Waals surface area contributed by atoms with Crippen LogP contribution < -0.4 is 4.90 Å². The predicted octanol–water partition coefficient (Wildman–Crippen LogP) is 7.02. The van der Waals surface area contributed by atoms with Crippen LogP contribution in [0.2, 0.25) is 0 Å². The van der Waals surface area contributed by atoms with Gasteiger partial charge in [-0.05, 0) is 49.4 Å². The predicted molar refractivity (Wildman–Crippen MR) is 179 cm³/mol. The summed E-state index contributed by atoms with van der Waals surface area (Å²) in [6.07, 6.45) is 8.85. The van der Waals surface area contributed by atoms with Crippen LogP contribution >= 0.6 is 0 Å². The molecule has 0 aliphatic carbocycles. The Morgan fingerprint density at radius 3 is 2.38 bits per heavy atom. The molecule has 1 aromatic rings. The number of nitrogens with zero attached hydrogens (tertiary/aromatic N) is 4. The monoisotopic (exact) mass is 582 g/mol. The molecule has 0 N–H and O–H groups in total. The highest BCUT2D eigenvalue weighted by atomic mass is 16.5. The summed E-state index contributed by atoms with van der Waals surface area (Å²) in [7, 11) is 1.44. The van der Waals surface area contributed by atoms with Crippen LogP contribution in [-0.4, -0.2) is 99.1 Å². The summed E-state index contributed by atoms with van der Waals surface area (Å²) in [5.41, 5.74) is 4.01. The first-order valence-corrected chi connectivity index (χ1v) is 15.8. The zero-order chi connectivity index (χ0) is 31.5. The van der Waals surface area contributed by atoms with Gasteiger partial charge in [-0.1, -0.05) is 78.0 Å². The first kappa shape index (κ1) is 37.1. The Labute approximate surface area is 256 Å². The fourth-order valence-electron chi connectivity index (χ4n) is 5.30. The number of aldehydes is 1. The average molecular weight is 583 g/mol. The molecule has 1 saturated heterocycles.